The van der Waals surface area contributed by atoms with Gasteiger partial charge in [0.1, 0.15) is 0 Å². The number of methoxy groups -OCH3 is 2. The van der Waals surface area contributed by atoms with E-state index in [0.717, 1.165) is 0 Å². The van der Waals surface area contributed by atoms with Crippen LogP contribution in [0.1, 0.15) is 27.7 Å². The Balaban J connectivity index is 4.23. The molecule has 0 aromatic heterocycles. The van der Waals surface area contributed by atoms with Crippen molar-refractivity contribution in [2.24, 2.45) is 10.2 Å². The third-order valence-corrected chi connectivity index (χ3v) is 1.53. The molecule has 72 valence electrons. The Kier molecular flexibility index (Phi) is 3.80. The number of ether oxygens (including phenoxy) is 2. The summed E-state index contributed by atoms with van der Waals surface area (Å²) in [5.74, 6) is 0. The molecule has 0 N–H and O–H groups in total. The maximum Gasteiger partial charge on any atom is 0.173 e. The van der Waals surface area contributed by atoms with Crippen LogP contribution < -0.4 is 0 Å². The number of nitrogens with zero attached hydrogens (tertiary/aromatic N) is 2. The van der Waals surface area contributed by atoms with Crippen LogP contribution in [0.3, 0.4) is 0 Å². The molecule has 0 aromatic carbocycles. The molecule has 0 saturated heterocycles. The van der Waals surface area contributed by atoms with E-state index < -0.39 is 11.4 Å². The van der Waals surface area contributed by atoms with Crippen molar-refractivity contribution in [1.82, 2.24) is 0 Å². The summed E-state index contributed by atoms with van der Waals surface area (Å²) in [6, 6.07) is 0. The average molecular weight is 174 g/mol. The molecule has 0 aliphatic heterocycles. The standard InChI is InChI=1S/C8H18N2O2/c1-7(2,11-5)9-10-8(3,4)12-6/h1-6H3. The molecule has 4 heteroatoms. The summed E-state index contributed by atoms with van der Waals surface area (Å²) >= 11 is 0. The van der Waals surface area contributed by atoms with Gasteiger partial charge in [0.05, 0.1) is 0 Å². The SMILES string of the molecule is COC(C)(C)N=NC(C)(C)OC. The van der Waals surface area contributed by atoms with Crippen LogP contribution in [0.5, 0.6) is 0 Å². The van der Waals surface area contributed by atoms with Gasteiger partial charge in [-0.3, -0.25) is 0 Å². The molecule has 0 aliphatic carbocycles. The summed E-state index contributed by atoms with van der Waals surface area (Å²) in [4.78, 5) is 0. The van der Waals surface area contributed by atoms with Gasteiger partial charge in [0, 0.05) is 14.2 Å². The molecule has 0 heterocycles. The van der Waals surface area contributed by atoms with Crippen LogP contribution in [-0.2, 0) is 9.47 Å². The molecular formula is C8H18N2O2. The fourth-order valence-electron chi connectivity index (χ4n) is 0.322. The molecule has 0 unspecified atom stereocenters. The molecule has 12 heavy (non-hydrogen) atoms. The zero-order valence-corrected chi connectivity index (χ0v) is 8.71. The van der Waals surface area contributed by atoms with Gasteiger partial charge in [-0.1, -0.05) is 0 Å². The Morgan fingerprint density at radius 1 is 0.750 bits per heavy atom. The van der Waals surface area contributed by atoms with Crippen LogP contribution in [0.4, 0.5) is 0 Å². The molecule has 0 atom stereocenters. The summed E-state index contributed by atoms with van der Waals surface area (Å²) in [6.45, 7) is 7.34. The van der Waals surface area contributed by atoms with E-state index in [9.17, 15) is 0 Å². The van der Waals surface area contributed by atoms with Gasteiger partial charge in [0.2, 0.25) is 0 Å². The summed E-state index contributed by atoms with van der Waals surface area (Å²) < 4.78 is 10.1. The number of hydrogen-bond donors (Lipinski definition) is 0. The van der Waals surface area contributed by atoms with Crippen LogP contribution in [0.2, 0.25) is 0 Å². The summed E-state index contributed by atoms with van der Waals surface area (Å²) in [5, 5.41) is 7.99. The van der Waals surface area contributed by atoms with E-state index in [1.807, 2.05) is 27.7 Å². The minimum Gasteiger partial charge on any atom is -0.356 e. The van der Waals surface area contributed by atoms with Crippen LogP contribution in [0, 0.1) is 0 Å². The summed E-state index contributed by atoms with van der Waals surface area (Å²) in [6.07, 6.45) is 0. The van der Waals surface area contributed by atoms with Gasteiger partial charge in [-0.2, -0.15) is 10.2 Å². The summed E-state index contributed by atoms with van der Waals surface area (Å²) in [7, 11) is 3.19. The first-order valence-corrected chi connectivity index (χ1v) is 3.87. The molecule has 4 nitrogen and oxygen atoms in total. The van der Waals surface area contributed by atoms with Crippen LogP contribution in [-0.4, -0.2) is 25.7 Å². The average Bonchev–Trinajstić information content (AvgIpc) is 2.02. The normalized spacial score (nSPS) is 14.2. The largest absolute Gasteiger partial charge is 0.356 e. The third kappa shape index (κ3) is 4.41. The van der Waals surface area contributed by atoms with Crippen molar-refractivity contribution in [3.63, 3.8) is 0 Å². The van der Waals surface area contributed by atoms with Crippen molar-refractivity contribution in [2.45, 2.75) is 39.1 Å². The Bertz CT molecular complexity index is 146. The highest BCUT2D eigenvalue weighted by Gasteiger charge is 2.19. The molecule has 0 rings (SSSR count). The van der Waals surface area contributed by atoms with Gasteiger partial charge in [-0.05, 0) is 27.7 Å². The zero-order valence-electron chi connectivity index (χ0n) is 8.71. The first kappa shape index (κ1) is 11.5. The molecule has 0 saturated carbocycles. The minimum atomic E-state index is -0.574. The van der Waals surface area contributed by atoms with Crippen molar-refractivity contribution < 1.29 is 9.47 Å². The fourth-order valence-corrected chi connectivity index (χ4v) is 0.322. The lowest BCUT2D eigenvalue weighted by molar-refractivity contribution is -0.00822. The molecule has 0 amide bonds. The molecule has 0 aromatic rings. The Morgan fingerprint density at radius 3 is 1.17 bits per heavy atom. The van der Waals surface area contributed by atoms with Gasteiger partial charge in [0.25, 0.3) is 0 Å². The van der Waals surface area contributed by atoms with Crippen molar-refractivity contribution in [3.05, 3.63) is 0 Å². The van der Waals surface area contributed by atoms with E-state index in [4.69, 9.17) is 9.47 Å². The van der Waals surface area contributed by atoms with E-state index in [1.54, 1.807) is 14.2 Å². The second-order valence-electron chi connectivity index (χ2n) is 3.50. The molecular weight excluding hydrogens is 156 g/mol. The lowest BCUT2D eigenvalue weighted by Gasteiger charge is -2.20. The number of hydrogen-bond acceptors (Lipinski definition) is 4. The quantitative estimate of drug-likeness (QED) is 0.613. The van der Waals surface area contributed by atoms with Crippen molar-refractivity contribution >= 4 is 0 Å². The molecule has 0 spiro atoms. The molecule has 0 radical (unpaired) electrons. The van der Waals surface area contributed by atoms with Gasteiger partial charge in [0.15, 0.2) is 11.4 Å². The molecule has 0 fully saturated rings. The molecule has 0 bridgehead atoms. The van der Waals surface area contributed by atoms with E-state index in [0.29, 0.717) is 0 Å². The van der Waals surface area contributed by atoms with E-state index in [2.05, 4.69) is 10.2 Å². The van der Waals surface area contributed by atoms with Gasteiger partial charge in [-0.25, -0.2) is 0 Å². The lowest BCUT2D eigenvalue weighted by atomic mass is 10.3. The van der Waals surface area contributed by atoms with E-state index >= 15 is 0 Å². The smallest absolute Gasteiger partial charge is 0.173 e. The van der Waals surface area contributed by atoms with Crippen molar-refractivity contribution in [3.8, 4) is 0 Å². The predicted octanol–water partition coefficient (Wildman–Crippen LogP) is 2.20. The molecule has 0 aliphatic rings. The van der Waals surface area contributed by atoms with Gasteiger partial charge < -0.3 is 9.47 Å². The fraction of sp³-hybridized carbons (Fsp3) is 1.00. The van der Waals surface area contributed by atoms with E-state index in [1.165, 1.54) is 0 Å². The van der Waals surface area contributed by atoms with E-state index in [-0.39, 0.29) is 0 Å². The second kappa shape index (κ2) is 3.96. The predicted molar refractivity (Wildman–Crippen MR) is 47.0 cm³/mol. The highest BCUT2D eigenvalue weighted by atomic mass is 16.5. The number of azo groups is 1. The highest BCUT2D eigenvalue weighted by molar-refractivity contribution is 4.66. The second-order valence-corrected chi connectivity index (χ2v) is 3.50. The minimum absolute atomic E-state index is 0.574. The first-order chi connectivity index (χ1) is 5.33. The monoisotopic (exact) mass is 174 g/mol. The third-order valence-electron chi connectivity index (χ3n) is 1.53. The Hall–Kier alpha value is -0.480. The Labute approximate surface area is 74.0 Å². The maximum absolute atomic E-state index is 5.06. The van der Waals surface area contributed by atoms with Crippen molar-refractivity contribution in [1.29, 1.82) is 0 Å². The van der Waals surface area contributed by atoms with Crippen molar-refractivity contribution in [2.75, 3.05) is 14.2 Å². The zero-order chi connectivity index (χ0) is 9.83. The van der Waals surface area contributed by atoms with Crippen LogP contribution in [0.25, 0.3) is 0 Å². The van der Waals surface area contributed by atoms with Gasteiger partial charge in [-0.15, -0.1) is 0 Å². The topological polar surface area (TPSA) is 43.2 Å². The maximum atomic E-state index is 5.06. The van der Waals surface area contributed by atoms with Crippen LogP contribution in [0.15, 0.2) is 10.2 Å². The Morgan fingerprint density at radius 2 is 1.00 bits per heavy atom. The number of rotatable bonds is 4. The van der Waals surface area contributed by atoms with Gasteiger partial charge >= 0.3 is 0 Å². The highest BCUT2D eigenvalue weighted by Crippen LogP contribution is 2.15. The lowest BCUT2D eigenvalue weighted by Crippen LogP contribution is -2.23. The summed E-state index contributed by atoms with van der Waals surface area (Å²) in [5.41, 5.74) is -1.15. The van der Waals surface area contributed by atoms with Crippen LogP contribution >= 0.6 is 0 Å². The first-order valence-electron chi connectivity index (χ1n) is 3.87.